The summed E-state index contributed by atoms with van der Waals surface area (Å²) in [6.07, 6.45) is 0. The van der Waals surface area contributed by atoms with Crippen molar-refractivity contribution in [3.63, 3.8) is 0 Å². The van der Waals surface area contributed by atoms with Crippen LogP contribution in [0.15, 0.2) is 200 Å². The van der Waals surface area contributed by atoms with Gasteiger partial charge < -0.3 is 0 Å². The van der Waals surface area contributed by atoms with Gasteiger partial charge in [0.05, 0.1) is 16.6 Å². The highest BCUT2D eigenvalue weighted by Crippen LogP contribution is 2.43. The first-order valence-electron chi connectivity index (χ1n) is 19.6. The quantitative estimate of drug-likeness (QED) is 0.165. The van der Waals surface area contributed by atoms with Gasteiger partial charge in [-0.1, -0.05) is 152 Å². The van der Waals surface area contributed by atoms with Crippen molar-refractivity contribution in [2.45, 2.75) is 0 Å². The van der Waals surface area contributed by atoms with Crippen molar-refractivity contribution in [3.8, 4) is 51.0 Å². The molecule has 12 rings (SSSR count). The lowest BCUT2D eigenvalue weighted by Crippen LogP contribution is -2.00. The molecule has 0 bridgehead atoms. The molecule has 3 aromatic heterocycles. The van der Waals surface area contributed by atoms with E-state index in [1.54, 1.807) is 0 Å². The predicted octanol–water partition coefficient (Wildman–Crippen LogP) is 13.3. The lowest BCUT2D eigenvalue weighted by atomic mass is 9.92. The Morgan fingerprint density at radius 2 is 0.707 bits per heavy atom. The summed E-state index contributed by atoms with van der Waals surface area (Å²) in [6.45, 7) is 0. The van der Waals surface area contributed by atoms with Crippen molar-refractivity contribution in [1.82, 2.24) is 23.9 Å². The maximum atomic E-state index is 5.01. The third-order valence-corrected chi connectivity index (χ3v) is 11.5. The maximum Gasteiger partial charge on any atom is 0.164 e. The molecule has 58 heavy (non-hydrogen) atoms. The van der Waals surface area contributed by atoms with Gasteiger partial charge in [-0.25, -0.2) is 15.0 Å². The van der Waals surface area contributed by atoms with Gasteiger partial charge in [-0.15, -0.1) is 0 Å². The van der Waals surface area contributed by atoms with Gasteiger partial charge in [0.15, 0.2) is 17.5 Å². The minimum atomic E-state index is 0.631. The molecule has 0 aliphatic carbocycles. The molecule has 270 valence electrons. The van der Waals surface area contributed by atoms with E-state index >= 15 is 0 Å². The average Bonchev–Trinajstić information content (AvgIpc) is 3.82. The number of nitrogens with zero attached hydrogens (tertiary/aromatic N) is 5. The van der Waals surface area contributed by atoms with Crippen LogP contribution in [-0.2, 0) is 0 Å². The summed E-state index contributed by atoms with van der Waals surface area (Å²) in [6, 6.07) is 71.0. The van der Waals surface area contributed by atoms with Crippen molar-refractivity contribution in [3.05, 3.63) is 200 Å². The zero-order valence-corrected chi connectivity index (χ0v) is 31.3. The fraction of sp³-hybridized carbons (Fsp3) is 0. The van der Waals surface area contributed by atoms with Crippen LogP contribution in [-0.4, -0.2) is 23.9 Å². The van der Waals surface area contributed by atoms with Crippen LogP contribution >= 0.6 is 0 Å². The molecular weight excluding hydrogens is 707 g/mol. The second-order valence-electron chi connectivity index (χ2n) is 14.8. The van der Waals surface area contributed by atoms with Crippen LogP contribution in [0.2, 0.25) is 0 Å². The molecule has 3 heterocycles. The van der Waals surface area contributed by atoms with Gasteiger partial charge in [-0.2, -0.15) is 0 Å². The minimum absolute atomic E-state index is 0.631. The molecule has 12 aromatic rings. The molecule has 9 aromatic carbocycles. The fourth-order valence-corrected chi connectivity index (χ4v) is 8.94. The number of imidazole rings is 1. The largest absolute Gasteiger partial charge is 0.293 e. The molecule has 0 fully saturated rings. The Kier molecular flexibility index (Phi) is 7.16. The number of benzene rings is 9. The number of hydrogen-bond donors (Lipinski definition) is 0. The van der Waals surface area contributed by atoms with Crippen molar-refractivity contribution in [1.29, 1.82) is 0 Å². The van der Waals surface area contributed by atoms with Crippen LogP contribution in [0.25, 0.3) is 111 Å². The first-order valence-corrected chi connectivity index (χ1v) is 19.6. The summed E-state index contributed by atoms with van der Waals surface area (Å²) in [4.78, 5) is 14.9. The summed E-state index contributed by atoms with van der Waals surface area (Å²) in [5.74, 6) is 1.92. The molecule has 0 unspecified atom stereocenters. The van der Waals surface area contributed by atoms with Gasteiger partial charge in [0.2, 0.25) is 0 Å². The lowest BCUT2D eigenvalue weighted by Gasteiger charge is -2.13. The highest BCUT2D eigenvalue weighted by molar-refractivity contribution is 6.26. The van der Waals surface area contributed by atoms with Crippen molar-refractivity contribution < 1.29 is 0 Å². The molecule has 0 spiro atoms. The molecule has 0 amide bonds. The Morgan fingerprint density at radius 3 is 1.28 bits per heavy atom. The van der Waals surface area contributed by atoms with E-state index in [1.165, 1.54) is 54.3 Å². The molecule has 0 radical (unpaired) electrons. The van der Waals surface area contributed by atoms with Crippen molar-refractivity contribution in [2.24, 2.45) is 0 Å². The molecule has 5 nitrogen and oxygen atoms in total. The predicted molar refractivity (Wildman–Crippen MR) is 239 cm³/mol. The molecule has 0 atom stereocenters. The van der Waals surface area contributed by atoms with Gasteiger partial charge >= 0.3 is 0 Å². The van der Waals surface area contributed by atoms with E-state index in [1.807, 2.05) is 60.7 Å². The molecule has 0 saturated heterocycles. The summed E-state index contributed by atoms with van der Waals surface area (Å²) in [5, 5.41) is 8.82. The van der Waals surface area contributed by atoms with E-state index in [0.717, 1.165) is 39.1 Å². The average molecular weight is 740 g/mol. The van der Waals surface area contributed by atoms with Crippen LogP contribution < -0.4 is 0 Å². The first kappa shape index (κ1) is 32.4. The van der Waals surface area contributed by atoms with E-state index in [9.17, 15) is 0 Å². The van der Waals surface area contributed by atoms with Crippen LogP contribution in [0.3, 0.4) is 0 Å². The maximum absolute atomic E-state index is 5.01. The molecule has 0 saturated carbocycles. The number of aromatic nitrogens is 5. The zero-order valence-electron chi connectivity index (χ0n) is 31.3. The Balaban J connectivity index is 1.09. The summed E-state index contributed by atoms with van der Waals surface area (Å²) < 4.78 is 4.84. The Bertz CT molecular complexity index is 3450. The normalized spacial score (nSPS) is 11.8. The van der Waals surface area contributed by atoms with Crippen LogP contribution in [0.1, 0.15) is 0 Å². The zero-order chi connectivity index (χ0) is 38.2. The van der Waals surface area contributed by atoms with Gasteiger partial charge in [0, 0.05) is 33.3 Å². The van der Waals surface area contributed by atoms with Gasteiger partial charge in [-0.3, -0.25) is 8.97 Å². The van der Waals surface area contributed by atoms with Crippen LogP contribution in [0, 0.1) is 0 Å². The molecular formula is C53H33N5. The number of para-hydroxylation sites is 3. The highest BCUT2D eigenvalue weighted by Gasteiger charge is 2.23. The smallest absolute Gasteiger partial charge is 0.164 e. The van der Waals surface area contributed by atoms with Gasteiger partial charge in [0.1, 0.15) is 5.65 Å². The Labute approximate surface area is 333 Å². The fourth-order valence-electron chi connectivity index (χ4n) is 8.94. The second kappa shape index (κ2) is 12.8. The SMILES string of the molecule is c1ccc(-c2nc(-c3ccccc3)nc(-c3ccc(-n4c5ccccc5n5c6ccccc6c(-c6ccc7c8ccccc8c8ccccc8c7c6)c45)cc3)n2)cc1. The van der Waals surface area contributed by atoms with Gasteiger partial charge in [-0.05, 0) is 86.4 Å². The third kappa shape index (κ3) is 4.93. The Morgan fingerprint density at radius 1 is 0.293 bits per heavy atom. The topological polar surface area (TPSA) is 48.0 Å². The Hall–Kier alpha value is -7.89. The molecule has 0 aliphatic heterocycles. The highest BCUT2D eigenvalue weighted by atomic mass is 15.1. The summed E-state index contributed by atoms with van der Waals surface area (Å²) in [7, 11) is 0. The van der Waals surface area contributed by atoms with Crippen LogP contribution in [0.4, 0.5) is 0 Å². The van der Waals surface area contributed by atoms with Crippen LogP contribution in [0.5, 0.6) is 0 Å². The van der Waals surface area contributed by atoms with Gasteiger partial charge in [0.25, 0.3) is 0 Å². The number of rotatable bonds is 5. The third-order valence-electron chi connectivity index (χ3n) is 11.5. The molecule has 0 aliphatic rings. The summed E-state index contributed by atoms with van der Waals surface area (Å²) in [5.41, 5.74) is 10.8. The second-order valence-corrected chi connectivity index (χ2v) is 14.8. The van der Waals surface area contributed by atoms with E-state index in [-0.39, 0.29) is 0 Å². The minimum Gasteiger partial charge on any atom is -0.293 e. The molecule has 0 N–H and O–H groups in total. The van der Waals surface area contributed by atoms with E-state index in [0.29, 0.717) is 17.5 Å². The lowest BCUT2D eigenvalue weighted by molar-refractivity contribution is 1.07. The molecule has 5 heteroatoms. The van der Waals surface area contributed by atoms with E-state index in [2.05, 4.69) is 148 Å². The number of hydrogen-bond acceptors (Lipinski definition) is 3. The van der Waals surface area contributed by atoms with Crippen molar-refractivity contribution in [2.75, 3.05) is 0 Å². The monoisotopic (exact) mass is 739 g/mol. The van der Waals surface area contributed by atoms with E-state index in [4.69, 9.17) is 15.0 Å². The summed E-state index contributed by atoms with van der Waals surface area (Å²) >= 11 is 0. The van der Waals surface area contributed by atoms with E-state index < -0.39 is 0 Å². The van der Waals surface area contributed by atoms with Crippen molar-refractivity contribution >= 4 is 59.9 Å². The number of fused-ring (bicyclic) bond motifs is 11. The standard InChI is InChI=1S/C53H33N5/c1-3-15-34(16-4-1)50-54-51(35-17-5-2-6-18-35)56-52(55-50)36-27-30-38(31-28-36)57-47-25-13-14-26-48(47)58-46-24-12-11-23-44(46)49(53(57)58)37-29-32-43-41-21-8-7-19-39(41)40-20-9-10-22-42(40)45(43)33-37/h1-33H. The first-order chi connectivity index (χ1) is 28.8.